The minimum atomic E-state index is 1.41. The van der Waals surface area contributed by atoms with Crippen LogP contribution < -0.4 is 0 Å². The van der Waals surface area contributed by atoms with Gasteiger partial charge in [0.15, 0.2) is 0 Å². The predicted octanol–water partition coefficient (Wildman–Crippen LogP) is 2.88. The molecular weight excluding hydrogens is 120 g/mol. The highest BCUT2D eigenvalue weighted by Gasteiger charge is 1.44. The van der Waals surface area contributed by atoms with Crippen molar-refractivity contribution < 1.29 is 0 Å². The Balaban J connectivity index is 0. The number of halogens is 1. The third-order valence-corrected chi connectivity index (χ3v) is 0.354. The minimum Gasteiger partial charge on any atom is -0.137 e. The van der Waals surface area contributed by atoms with Crippen LogP contribution in [0, 0.1) is 0 Å². The summed E-state index contributed by atoms with van der Waals surface area (Å²) in [6.45, 7) is 9.63. The van der Waals surface area contributed by atoms with Crippen LogP contribution in [-0.4, -0.2) is 0 Å². The van der Waals surface area contributed by atoms with Gasteiger partial charge in [0.2, 0.25) is 0 Å². The zero-order valence-electron chi connectivity index (χ0n) is 4.73. The van der Waals surface area contributed by atoms with Crippen LogP contribution in [0.4, 0.5) is 0 Å². The zero-order valence-corrected chi connectivity index (χ0v) is 5.49. The van der Waals surface area contributed by atoms with E-state index in [-0.39, 0.29) is 0 Å². The summed E-state index contributed by atoms with van der Waals surface area (Å²) in [5.74, 6) is 0. The average Bonchev–Trinajstić information content (AvgIpc) is 1.71. The Morgan fingerprint density at radius 1 is 1.38 bits per heavy atom. The fourth-order valence-corrected chi connectivity index (χ4v) is 0.154. The van der Waals surface area contributed by atoms with Gasteiger partial charge in [-0.1, -0.05) is 43.5 Å². The van der Waals surface area contributed by atoms with E-state index in [1.807, 2.05) is 0 Å². The molecule has 0 aliphatic heterocycles. The largest absolute Gasteiger partial charge is 0.137 e. The molecule has 0 N–H and O–H groups in total. The molecule has 8 heavy (non-hydrogen) atoms. The molecule has 0 aliphatic rings. The fourth-order valence-electron chi connectivity index (χ4n) is 0.0514. The molecule has 0 fully saturated rings. The number of hydrogen-bond donors (Lipinski definition) is 0. The van der Waals surface area contributed by atoms with Crippen LogP contribution in [0.1, 0.15) is 0 Å². The lowest BCUT2D eigenvalue weighted by Crippen LogP contribution is -1.29. The van der Waals surface area contributed by atoms with Crippen molar-refractivity contribution in [3.63, 3.8) is 0 Å². The molecule has 0 saturated carbocycles. The van der Waals surface area contributed by atoms with Crippen molar-refractivity contribution in [1.29, 1.82) is 0 Å². The molecule has 0 saturated heterocycles. The van der Waals surface area contributed by atoms with E-state index < -0.39 is 0 Å². The fraction of sp³-hybridized carbons (Fsp3) is 0. The van der Waals surface area contributed by atoms with Crippen molar-refractivity contribution in [2.24, 2.45) is 0 Å². The quantitative estimate of drug-likeness (QED) is 0.376. The van der Waals surface area contributed by atoms with E-state index in [1.54, 1.807) is 12.2 Å². The van der Waals surface area contributed by atoms with Crippen molar-refractivity contribution in [2.45, 2.75) is 0 Å². The Morgan fingerprint density at radius 3 is 1.75 bits per heavy atom. The van der Waals surface area contributed by atoms with E-state index >= 15 is 0 Å². The minimum absolute atomic E-state index is 1.41. The van der Waals surface area contributed by atoms with Crippen LogP contribution in [0.3, 0.4) is 0 Å². The van der Waals surface area contributed by atoms with Crippen LogP contribution in [0.2, 0.25) is 0 Å². The molecule has 0 bridgehead atoms. The second kappa shape index (κ2) is 16.3. The predicted molar refractivity (Wildman–Crippen MR) is 40.0 cm³/mol. The summed E-state index contributed by atoms with van der Waals surface area (Å²) in [6.07, 6.45) is 3.27. The molecule has 0 aliphatic carbocycles. The molecule has 44 valence electrons. The molecule has 0 atom stereocenters. The Morgan fingerprint density at radius 2 is 1.75 bits per heavy atom. The first-order valence-electron chi connectivity index (χ1n) is 2.00. The van der Waals surface area contributed by atoms with Gasteiger partial charge in [-0.2, -0.15) is 0 Å². The summed E-state index contributed by atoms with van der Waals surface area (Å²) in [5, 5.41) is 0. The lowest BCUT2D eigenvalue weighted by Gasteiger charge is -1.53. The highest BCUT2D eigenvalue weighted by Crippen LogP contribution is 1.74. The SMILES string of the molecule is C=C=C.C=CC=CCl. The molecule has 0 unspecified atom stereocenters. The van der Waals surface area contributed by atoms with Gasteiger partial charge in [-0.25, -0.2) is 0 Å². The molecule has 0 spiro atoms. The van der Waals surface area contributed by atoms with Gasteiger partial charge in [-0.3, -0.25) is 0 Å². The molecule has 0 nitrogen and oxygen atoms in total. The molecule has 0 radical (unpaired) electrons. The van der Waals surface area contributed by atoms with E-state index in [9.17, 15) is 0 Å². The van der Waals surface area contributed by atoms with Gasteiger partial charge in [0.1, 0.15) is 0 Å². The van der Waals surface area contributed by atoms with Crippen LogP contribution >= 0.6 is 11.6 Å². The summed E-state index contributed by atoms with van der Waals surface area (Å²) in [5.41, 5.74) is 3.66. The van der Waals surface area contributed by atoms with E-state index in [2.05, 4.69) is 25.5 Å². The van der Waals surface area contributed by atoms with E-state index in [0.29, 0.717) is 0 Å². The first-order valence-corrected chi connectivity index (χ1v) is 2.44. The van der Waals surface area contributed by atoms with Crippen LogP contribution in [0.15, 0.2) is 43.2 Å². The highest BCUT2D eigenvalue weighted by atomic mass is 35.5. The van der Waals surface area contributed by atoms with E-state index in [1.165, 1.54) is 5.54 Å². The Kier molecular flexibility index (Phi) is 21.0. The van der Waals surface area contributed by atoms with Gasteiger partial charge < -0.3 is 0 Å². The van der Waals surface area contributed by atoms with E-state index in [4.69, 9.17) is 11.6 Å². The van der Waals surface area contributed by atoms with Gasteiger partial charge in [0.05, 0.1) is 0 Å². The first kappa shape index (κ1) is 10.3. The number of rotatable bonds is 1. The third kappa shape index (κ3) is 58.5. The molecule has 1 heteroatoms. The molecule has 0 heterocycles. The van der Waals surface area contributed by atoms with Gasteiger partial charge >= 0.3 is 0 Å². The lowest BCUT2D eigenvalue weighted by atomic mass is 10.6. The van der Waals surface area contributed by atoms with Gasteiger partial charge in [0, 0.05) is 5.54 Å². The van der Waals surface area contributed by atoms with Gasteiger partial charge in [-0.15, -0.1) is 5.73 Å². The standard InChI is InChI=1S/C4H5Cl.C3H4/c1-2-3-4-5;1-3-2/h2-4H,1H2;1-2H2. The zero-order chi connectivity index (χ0) is 6.83. The smallest absolute Gasteiger partial charge is 0.00422 e. The summed E-state index contributed by atoms with van der Waals surface area (Å²) >= 11 is 5.05. The average molecular weight is 129 g/mol. The van der Waals surface area contributed by atoms with Crippen LogP contribution in [0.25, 0.3) is 0 Å². The second-order valence-corrected chi connectivity index (χ2v) is 1.06. The lowest BCUT2D eigenvalue weighted by molar-refractivity contribution is 2.11. The maximum atomic E-state index is 5.05. The number of allylic oxidation sites excluding steroid dienone is 2. The molecule has 0 rings (SSSR count). The molecule has 0 aromatic heterocycles. The summed E-state index contributed by atoms with van der Waals surface area (Å²) < 4.78 is 0. The van der Waals surface area contributed by atoms with Crippen molar-refractivity contribution in [3.8, 4) is 0 Å². The second-order valence-electron chi connectivity index (χ2n) is 0.804. The maximum Gasteiger partial charge on any atom is 0.00422 e. The normalized spacial score (nSPS) is 6.62. The Hall–Kier alpha value is -0.710. The van der Waals surface area contributed by atoms with Crippen LogP contribution in [-0.2, 0) is 0 Å². The van der Waals surface area contributed by atoms with Crippen LogP contribution in [0.5, 0.6) is 0 Å². The van der Waals surface area contributed by atoms with Crippen molar-refractivity contribution in [1.82, 2.24) is 0 Å². The van der Waals surface area contributed by atoms with E-state index in [0.717, 1.165) is 0 Å². The molecule has 0 aromatic carbocycles. The van der Waals surface area contributed by atoms with Gasteiger partial charge in [0.25, 0.3) is 0 Å². The summed E-state index contributed by atoms with van der Waals surface area (Å²) in [6, 6.07) is 0. The highest BCUT2D eigenvalue weighted by molar-refractivity contribution is 6.25. The molecule has 0 aromatic rings. The van der Waals surface area contributed by atoms with Crippen molar-refractivity contribution >= 4 is 11.6 Å². The monoisotopic (exact) mass is 128 g/mol. The first-order chi connectivity index (χ1) is 3.83. The summed E-state index contributed by atoms with van der Waals surface area (Å²) in [4.78, 5) is 0. The molecule has 0 amide bonds. The van der Waals surface area contributed by atoms with Gasteiger partial charge in [-0.05, 0) is 0 Å². The van der Waals surface area contributed by atoms with Crippen molar-refractivity contribution in [2.75, 3.05) is 0 Å². The summed E-state index contributed by atoms with van der Waals surface area (Å²) in [7, 11) is 0. The maximum absolute atomic E-state index is 5.05. The molecular formula is C7H9Cl. The Bertz CT molecular complexity index is 95.0. The third-order valence-electron chi connectivity index (χ3n) is 0.209. The Labute approximate surface area is 55.5 Å². The topological polar surface area (TPSA) is 0 Å². The number of hydrogen-bond acceptors (Lipinski definition) is 0. The van der Waals surface area contributed by atoms with Crippen molar-refractivity contribution in [3.05, 3.63) is 43.2 Å².